The van der Waals surface area contributed by atoms with Gasteiger partial charge in [0.25, 0.3) is 0 Å². The highest BCUT2D eigenvalue weighted by Gasteiger charge is 2.51. The number of likely N-dealkylation sites (tertiary alicyclic amines) is 1. The van der Waals surface area contributed by atoms with Gasteiger partial charge in [-0.1, -0.05) is 30.3 Å². The predicted octanol–water partition coefficient (Wildman–Crippen LogP) is 3.07. The maximum absolute atomic E-state index is 13.2. The van der Waals surface area contributed by atoms with Crippen LogP contribution in [-0.4, -0.2) is 49.1 Å². The molecule has 1 aromatic carbocycles. The summed E-state index contributed by atoms with van der Waals surface area (Å²) in [5.74, 6) is 1.96. The number of pyridine rings is 1. The molecule has 5 heteroatoms. The molecule has 1 amide bonds. The van der Waals surface area contributed by atoms with E-state index in [1.165, 1.54) is 5.56 Å². The number of benzene rings is 1. The minimum atomic E-state index is -0.257. The molecule has 0 N–H and O–H groups in total. The maximum Gasteiger partial charge on any atom is 0.230 e. The minimum absolute atomic E-state index is 0.257. The number of aryl methyl sites for hydroxylation is 1. The third-order valence-electron chi connectivity index (χ3n) is 5.97. The molecular weight excluding hydrogens is 338 g/mol. The molecule has 5 nitrogen and oxygen atoms in total. The summed E-state index contributed by atoms with van der Waals surface area (Å²) in [5.41, 5.74) is 2.00. The van der Waals surface area contributed by atoms with Crippen LogP contribution in [0.5, 0.6) is 5.75 Å². The van der Waals surface area contributed by atoms with Crippen LogP contribution in [0, 0.1) is 12.3 Å². The van der Waals surface area contributed by atoms with Crippen molar-refractivity contribution in [3.05, 3.63) is 53.7 Å². The van der Waals surface area contributed by atoms with Crippen molar-refractivity contribution in [2.75, 3.05) is 38.2 Å². The molecule has 2 fully saturated rings. The Bertz CT molecular complexity index is 824. The number of anilines is 1. The summed E-state index contributed by atoms with van der Waals surface area (Å²) >= 11 is 0. The lowest BCUT2D eigenvalue weighted by Gasteiger charge is -2.25. The van der Waals surface area contributed by atoms with Gasteiger partial charge in [-0.05, 0) is 43.9 Å². The summed E-state index contributed by atoms with van der Waals surface area (Å²) in [5, 5.41) is 0. The third-order valence-corrected chi connectivity index (χ3v) is 5.97. The van der Waals surface area contributed by atoms with Gasteiger partial charge in [-0.25, -0.2) is 4.98 Å². The van der Waals surface area contributed by atoms with Crippen molar-refractivity contribution in [3.8, 4) is 5.75 Å². The maximum atomic E-state index is 13.2. The number of amides is 1. The summed E-state index contributed by atoms with van der Waals surface area (Å²) in [7, 11) is 1.67. The fraction of sp³-hybridized carbons (Fsp3) is 0.455. The first-order valence-electron chi connectivity index (χ1n) is 9.71. The third kappa shape index (κ3) is 3.38. The van der Waals surface area contributed by atoms with E-state index in [0.29, 0.717) is 5.91 Å². The molecule has 2 aliphatic heterocycles. The zero-order chi connectivity index (χ0) is 18.9. The van der Waals surface area contributed by atoms with Crippen molar-refractivity contribution in [3.63, 3.8) is 0 Å². The average molecular weight is 365 g/mol. The molecule has 1 unspecified atom stereocenters. The van der Waals surface area contributed by atoms with Crippen molar-refractivity contribution >= 4 is 11.7 Å². The van der Waals surface area contributed by atoms with Gasteiger partial charge in [0.15, 0.2) is 11.6 Å². The Morgan fingerprint density at radius 1 is 1.11 bits per heavy atom. The van der Waals surface area contributed by atoms with Gasteiger partial charge in [0.1, 0.15) is 0 Å². The number of hydrogen-bond donors (Lipinski definition) is 0. The second-order valence-corrected chi connectivity index (χ2v) is 7.71. The van der Waals surface area contributed by atoms with Gasteiger partial charge in [-0.2, -0.15) is 0 Å². The monoisotopic (exact) mass is 365 g/mol. The number of rotatable bonds is 5. The van der Waals surface area contributed by atoms with E-state index in [1.807, 2.05) is 25.1 Å². The molecule has 2 aromatic rings. The lowest BCUT2D eigenvalue weighted by molar-refractivity contribution is -0.135. The molecule has 0 saturated carbocycles. The lowest BCUT2D eigenvalue weighted by Crippen LogP contribution is -2.38. The van der Waals surface area contributed by atoms with Crippen LogP contribution < -0.4 is 9.64 Å². The van der Waals surface area contributed by atoms with Gasteiger partial charge in [0, 0.05) is 31.9 Å². The van der Waals surface area contributed by atoms with Crippen LogP contribution in [-0.2, 0) is 11.2 Å². The highest BCUT2D eigenvalue weighted by atomic mass is 16.5. The van der Waals surface area contributed by atoms with Crippen LogP contribution >= 0.6 is 0 Å². The number of carbonyl (C=O) groups is 1. The van der Waals surface area contributed by atoms with E-state index in [1.54, 1.807) is 7.11 Å². The predicted molar refractivity (Wildman–Crippen MR) is 106 cm³/mol. The van der Waals surface area contributed by atoms with Crippen molar-refractivity contribution in [2.24, 2.45) is 5.41 Å². The van der Waals surface area contributed by atoms with Crippen molar-refractivity contribution < 1.29 is 9.53 Å². The Morgan fingerprint density at radius 3 is 2.67 bits per heavy atom. The van der Waals surface area contributed by atoms with Gasteiger partial charge in [0.2, 0.25) is 5.91 Å². The summed E-state index contributed by atoms with van der Waals surface area (Å²) in [6.07, 6.45) is 2.75. The van der Waals surface area contributed by atoms with Crippen LogP contribution in [0.4, 0.5) is 5.82 Å². The van der Waals surface area contributed by atoms with Crippen molar-refractivity contribution in [1.29, 1.82) is 0 Å². The van der Waals surface area contributed by atoms with Crippen molar-refractivity contribution in [2.45, 2.75) is 26.2 Å². The molecule has 2 saturated heterocycles. The van der Waals surface area contributed by atoms with E-state index in [4.69, 9.17) is 4.74 Å². The van der Waals surface area contributed by atoms with Gasteiger partial charge >= 0.3 is 0 Å². The van der Waals surface area contributed by atoms with E-state index >= 15 is 0 Å². The highest BCUT2D eigenvalue weighted by Crippen LogP contribution is 2.43. The van der Waals surface area contributed by atoms with E-state index in [-0.39, 0.29) is 5.41 Å². The van der Waals surface area contributed by atoms with E-state index in [2.05, 4.69) is 39.0 Å². The Labute approximate surface area is 161 Å². The van der Waals surface area contributed by atoms with E-state index in [9.17, 15) is 4.79 Å². The van der Waals surface area contributed by atoms with Crippen molar-refractivity contribution in [1.82, 2.24) is 9.88 Å². The molecule has 2 aliphatic rings. The number of aromatic nitrogens is 1. The summed E-state index contributed by atoms with van der Waals surface area (Å²) in [6, 6.07) is 14.3. The first-order chi connectivity index (χ1) is 13.1. The fourth-order valence-corrected chi connectivity index (χ4v) is 4.36. The molecule has 0 radical (unpaired) electrons. The number of hydrogen-bond acceptors (Lipinski definition) is 4. The van der Waals surface area contributed by atoms with Gasteiger partial charge in [-0.3, -0.25) is 4.79 Å². The standard InChI is InChI=1S/C22H27N3O2/c1-17-8-9-19(27-2)20(23-17)25-15-12-22(16-25)11-14-24(21(22)26)13-10-18-6-4-3-5-7-18/h3-9H,10-16H2,1-2H3. The summed E-state index contributed by atoms with van der Waals surface area (Å²) in [6.45, 7) is 5.24. The van der Waals surface area contributed by atoms with Crippen LogP contribution in [0.25, 0.3) is 0 Å². The Hall–Kier alpha value is -2.56. The van der Waals surface area contributed by atoms with Gasteiger partial charge < -0.3 is 14.5 Å². The molecule has 142 valence electrons. The molecular formula is C22H27N3O2. The zero-order valence-electron chi connectivity index (χ0n) is 16.1. The normalized spacial score (nSPS) is 22.1. The molecule has 4 rings (SSSR count). The van der Waals surface area contributed by atoms with Crippen LogP contribution in [0.15, 0.2) is 42.5 Å². The first-order valence-corrected chi connectivity index (χ1v) is 9.71. The molecule has 1 spiro atoms. The zero-order valence-corrected chi connectivity index (χ0v) is 16.1. The second-order valence-electron chi connectivity index (χ2n) is 7.71. The van der Waals surface area contributed by atoms with Crippen LogP contribution in [0.1, 0.15) is 24.1 Å². The molecule has 0 aliphatic carbocycles. The smallest absolute Gasteiger partial charge is 0.230 e. The molecule has 0 bridgehead atoms. The highest BCUT2D eigenvalue weighted by molar-refractivity contribution is 5.86. The molecule has 27 heavy (non-hydrogen) atoms. The Morgan fingerprint density at radius 2 is 1.89 bits per heavy atom. The topological polar surface area (TPSA) is 45.7 Å². The number of carbonyl (C=O) groups excluding carboxylic acids is 1. The SMILES string of the molecule is COc1ccc(C)nc1N1CCC2(CCN(CCc3ccccc3)C2=O)C1. The lowest BCUT2D eigenvalue weighted by atomic mass is 9.85. The molecule has 1 aromatic heterocycles. The average Bonchev–Trinajstić information content (AvgIpc) is 3.26. The van der Waals surface area contributed by atoms with Gasteiger partial charge in [-0.15, -0.1) is 0 Å². The first kappa shape index (κ1) is 17.8. The Kier molecular flexibility index (Phi) is 4.77. The van der Waals surface area contributed by atoms with E-state index in [0.717, 1.165) is 62.7 Å². The summed E-state index contributed by atoms with van der Waals surface area (Å²) in [4.78, 5) is 22.2. The Balaban J connectivity index is 1.45. The fourth-order valence-electron chi connectivity index (χ4n) is 4.36. The quantitative estimate of drug-likeness (QED) is 0.817. The largest absolute Gasteiger partial charge is 0.493 e. The number of ether oxygens (including phenoxy) is 1. The molecule has 3 heterocycles. The minimum Gasteiger partial charge on any atom is -0.493 e. The molecule has 1 atom stereocenters. The van der Waals surface area contributed by atoms with E-state index < -0.39 is 0 Å². The number of nitrogens with zero attached hydrogens (tertiary/aromatic N) is 3. The van der Waals surface area contributed by atoms with Gasteiger partial charge in [0.05, 0.1) is 12.5 Å². The van der Waals surface area contributed by atoms with Crippen LogP contribution in [0.3, 0.4) is 0 Å². The van der Waals surface area contributed by atoms with Crippen LogP contribution in [0.2, 0.25) is 0 Å². The number of methoxy groups -OCH3 is 1. The summed E-state index contributed by atoms with van der Waals surface area (Å²) < 4.78 is 5.50. The second kappa shape index (κ2) is 7.22.